The number of allylic oxidation sites excluding steroid dienone is 3. The summed E-state index contributed by atoms with van der Waals surface area (Å²) < 4.78 is 57.8. The third-order valence-electron chi connectivity index (χ3n) is 17.9. The van der Waals surface area contributed by atoms with Crippen LogP contribution in [0.3, 0.4) is 0 Å². The second kappa shape index (κ2) is 25.8. The molecule has 0 unspecified atom stereocenters. The van der Waals surface area contributed by atoms with Gasteiger partial charge in [0.2, 0.25) is 0 Å². The number of carbonyl (C=O) groups is 2. The number of rotatable bonds is 7. The van der Waals surface area contributed by atoms with E-state index in [1.54, 1.807) is 27.9 Å². The lowest BCUT2D eigenvalue weighted by molar-refractivity contribution is -0.350. The van der Waals surface area contributed by atoms with E-state index in [9.17, 15) is 50.4 Å². The molecule has 24 atom stereocenters. The van der Waals surface area contributed by atoms with Gasteiger partial charge in [0.1, 0.15) is 24.1 Å². The monoisotopic (exact) mass is 1140 g/mol. The van der Waals surface area contributed by atoms with Crippen LogP contribution in [-0.4, -0.2) is 187 Å². The number of Topliss-reactive ketones (excluding diaryl/α,β-unsaturated/α-hetero) is 1. The molecule has 0 amide bonds. The van der Waals surface area contributed by atoms with Gasteiger partial charge >= 0.3 is 5.97 Å². The number of methoxy groups -OCH3 is 1. The summed E-state index contributed by atoms with van der Waals surface area (Å²) in [5.74, 6) is -8.17. The number of esters is 1. The quantitative estimate of drug-likeness (QED) is 0.0967. The number of ketones is 1. The van der Waals surface area contributed by atoms with E-state index in [0.717, 1.165) is 5.57 Å². The van der Waals surface area contributed by atoms with Crippen LogP contribution in [0.1, 0.15) is 137 Å². The molecule has 0 saturated carbocycles. The maximum absolute atomic E-state index is 14.2. The van der Waals surface area contributed by atoms with Crippen molar-refractivity contribution < 1.29 is 93.1 Å². The summed E-state index contributed by atoms with van der Waals surface area (Å²) in [5.41, 5.74) is -0.0333. The highest BCUT2D eigenvalue weighted by Gasteiger charge is 2.58. The van der Waals surface area contributed by atoms with Gasteiger partial charge in [-0.3, -0.25) is 9.59 Å². The van der Waals surface area contributed by atoms with Crippen molar-refractivity contribution >= 4 is 23.4 Å². The van der Waals surface area contributed by atoms with Crippen LogP contribution >= 0.6 is 11.6 Å². The Morgan fingerprint density at radius 2 is 1.53 bits per heavy atom. The highest BCUT2D eigenvalue weighted by Crippen LogP contribution is 2.47. The number of aliphatic hydroxyl groups excluding tert-OH is 6. The Hall–Kier alpha value is -2.51. The van der Waals surface area contributed by atoms with Gasteiger partial charge in [0, 0.05) is 100 Å². The summed E-state index contributed by atoms with van der Waals surface area (Å²) in [5, 5.41) is 93.4. The van der Waals surface area contributed by atoms with Gasteiger partial charge in [-0.25, -0.2) is 0 Å². The van der Waals surface area contributed by atoms with Crippen molar-refractivity contribution in [1.82, 2.24) is 0 Å². The van der Waals surface area contributed by atoms with E-state index < -0.39 is 145 Å². The minimum absolute atomic E-state index is 0.00429. The second-order valence-electron chi connectivity index (χ2n) is 24.9. The number of halogens is 1. The lowest BCUT2D eigenvalue weighted by atomic mass is 9.78. The molecule has 7 fully saturated rings. The highest BCUT2D eigenvalue weighted by atomic mass is 35.5. The van der Waals surface area contributed by atoms with Crippen molar-refractivity contribution in [3.8, 4) is 0 Å². The predicted octanol–water partition coefficient (Wildman–Crippen LogP) is 4.79. The van der Waals surface area contributed by atoms with Gasteiger partial charge in [-0.05, 0) is 50.7 Å². The fourth-order valence-corrected chi connectivity index (χ4v) is 14.0. The van der Waals surface area contributed by atoms with Gasteiger partial charge in [-0.15, -0.1) is 0 Å². The number of carbonyl (C=O) groups excluding carboxylic acids is 2. The first kappa shape index (κ1) is 62.5. The summed E-state index contributed by atoms with van der Waals surface area (Å²) >= 11 is 5.88. The summed E-state index contributed by atoms with van der Waals surface area (Å²) in [6, 6.07) is 0. The van der Waals surface area contributed by atoms with E-state index in [0.29, 0.717) is 44.1 Å². The lowest BCUT2D eigenvalue weighted by Crippen LogP contribution is -2.65. The van der Waals surface area contributed by atoms with E-state index in [-0.39, 0.29) is 87.2 Å². The zero-order chi connectivity index (χ0) is 57.4. The Labute approximate surface area is 469 Å². The largest absolute Gasteiger partial charge is 0.459 e. The van der Waals surface area contributed by atoms with Crippen LogP contribution < -0.4 is 0 Å². The molecule has 12 bridgehead atoms. The topological polar surface area (TPSA) is 279 Å². The molecule has 2 spiro atoms. The number of hydrogen-bond acceptors (Lipinski definition) is 19. The molecule has 446 valence electrons. The van der Waals surface area contributed by atoms with Crippen molar-refractivity contribution in [2.45, 2.75) is 258 Å². The summed E-state index contributed by atoms with van der Waals surface area (Å²) in [6.45, 7) is 16.8. The molecule has 0 aromatic carbocycles. The standard InChI is InChI=1S/C59H89ClO19/c1-31(16-38(61)15-14-32(2)60)17-49-51(67)53-36(6)54(73-49)55(68)59(70)28-47(65)34(4)48(79-59)13-11-9-10-12-41-19-39(62)24-57(75-41)27-44(71-8)21-43(76-57)22-46(64)35(5)52-33(3)37(29-72-52)18-45-26-56(7,69)30-58(78-45)25-40(63)20-42(77-58)23-50(66)74-53/h10,12,14-15,18,33-36,38-45,47-49,51-55,61-63,65,67-70H,1-2,9,11,13,16-17,19-30H2,3-8H3/b12-10-,15-14+,37-18+/t33-,34+,35-,36-,38-,39+,40-,41+,42+,43+,44+,45+,47+,48+,49+,51-,52-,53-,54+,55+,56-,57+,58-,59+/m0/s1. The molecule has 8 aliphatic rings. The maximum atomic E-state index is 14.2. The predicted molar refractivity (Wildman–Crippen MR) is 287 cm³/mol. The Kier molecular flexibility index (Phi) is 20.4. The zero-order valence-corrected chi connectivity index (χ0v) is 47.6. The molecule has 8 aliphatic heterocycles. The van der Waals surface area contributed by atoms with Gasteiger partial charge < -0.3 is 83.5 Å². The van der Waals surface area contributed by atoms with Crippen LogP contribution in [-0.2, 0) is 52.2 Å². The van der Waals surface area contributed by atoms with Crippen molar-refractivity contribution in [1.29, 1.82) is 0 Å². The lowest BCUT2D eigenvalue weighted by Gasteiger charge is -2.51. The Morgan fingerprint density at radius 1 is 0.835 bits per heavy atom. The number of ether oxygens (including phenoxy) is 9. The molecular formula is C59H89ClO19. The molecular weight excluding hydrogens is 1050 g/mol. The summed E-state index contributed by atoms with van der Waals surface area (Å²) in [6.07, 6.45) is -4.63. The first-order valence-electron chi connectivity index (χ1n) is 28.7. The van der Waals surface area contributed by atoms with Crippen LogP contribution in [0, 0.1) is 23.7 Å². The molecule has 79 heavy (non-hydrogen) atoms. The molecule has 7 saturated heterocycles. The van der Waals surface area contributed by atoms with E-state index >= 15 is 0 Å². The minimum atomic E-state index is -2.37. The normalized spacial score (nSPS) is 48.3. The molecule has 0 aromatic heterocycles. The molecule has 8 rings (SSSR count). The summed E-state index contributed by atoms with van der Waals surface area (Å²) in [7, 11) is 1.61. The van der Waals surface area contributed by atoms with Crippen LogP contribution in [0.15, 0.2) is 59.7 Å². The molecule has 19 nitrogen and oxygen atoms in total. The SMILES string of the molecule is C=C(Cl)/C=C/[C@H](O)CC(=C)C[C@H]1O[C@@H]2[C@@H](C)[C@H](OC(=O)C[C@H]3C[C@H](O)C[C@]4(C[C@@](C)(O)C[C@@H](/C=C5\CO[C@H]([C@@H](C)C(=O)C[C@H]6C[C@@H](OC)C[C@@]7(C[C@H](O)C[C@@H](/C=C\CCC[C@H]8O[C@](O)(C[C@@H](O)[C@H]8C)[C@@H]2O)O7)O6)[C@H]5C)O4)O3)[C@H]1O. The van der Waals surface area contributed by atoms with Crippen molar-refractivity contribution in [2.75, 3.05) is 13.7 Å². The molecule has 8 N–H and O–H groups in total. The first-order chi connectivity index (χ1) is 37.2. The van der Waals surface area contributed by atoms with E-state index in [1.165, 1.54) is 12.2 Å². The van der Waals surface area contributed by atoms with Crippen molar-refractivity contribution in [3.05, 3.63) is 59.7 Å². The van der Waals surface area contributed by atoms with Crippen molar-refractivity contribution in [3.63, 3.8) is 0 Å². The van der Waals surface area contributed by atoms with Crippen LogP contribution in [0.5, 0.6) is 0 Å². The zero-order valence-electron chi connectivity index (χ0n) is 46.8. The minimum Gasteiger partial charge on any atom is -0.459 e. The smallest absolute Gasteiger partial charge is 0.308 e. The Bertz CT molecular complexity index is 2240. The average Bonchev–Trinajstić information content (AvgIpc) is 3.82. The summed E-state index contributed by atoms with van der Waals surface area (Å²) in [4.78, 5) is 28.4. The number of hydrogen-bond donors (Lipinski definition) is 8. The van der Waals surface area contributed by atoms with Gasteiger partial charge in [-0.1, -0.05) is 82.3 Å². The Morgan fingerprint density at radius 3 is 2.27 bits per heavy atom. The van der Waals surface area contributed by atoms with E-state index in [1.807, 2.05) is 32.1 Å². The van der Waals surface area contributed by atoms with Gasteiger partial charge in [0.15, 0.2) is 17.4 Å². The Balaban J connectivity index is 1.08. The molecule has 20 heteroatoms. The molecule has 0 aromatic rings. The van der Waals surface area contributed by atoms with Gasteiger partial charge in [0.05, 0.1) is 98.0 Å². The van der Waals surface area contributed by atoms with Crippen molar-refractivity contribution in [2.24, 2.45) is 23.7 Å². The van der Waals surface area contributed by atoms with E-state index in [4.69, 9.17) is 54.2 Å². The molecule has 0 radical (unpaired) electrons. The third-order valence-corrected chi connectivity index (χ3v) is 18.1. The maximum Gasteiger partial charge on any atom is 0.308 e. The van der Waals surface area contributed by atoms with E-state index in [2.05, 4.69) is 13.2 Å². The second-order valence-corrected chi connectivity index (χ2v) is 25.3. The molecule has 0 aliphatic carbocycles. The number of fused-ring (bicyclic) bond motifs is 10. The fraction of sp³-hybridized carbons (Fsp3) is 0.797. The van der Waals surface area contributed by atoms with Gasteiger partial charge in [0.25, 0.3) is 0 Å². The third kappa shape index (κ3) is 15.3. The van der Waals surface area contributed by atoms with Crippen LogP contribution in [0.4, 0.5) is 0 Å². The molecule has 8 heterocycles. The first-order valence-corrected chi connectivity index (χ1v) is 29.1. The van der Waals surface area contributed by atoms with Crippen LogP contribution in [0.2, 0.25) is 0 Å². The fourth-order valence-electron chi connectivity index (χ4n) is 13.9. The van der Waals surface area contributed by atoms with Gasteiger partial charge in [-0.2, -0.15) is 0 Å². The van der Waals surface area contributed by atoms with Crippen LogP contribution in [0.25, 0.3) is 0 Å². The average molecular weight is 1140 g/mol. The number of aliphatic hydroxyl groups is 8. The highest BCUT2D eigenvalue weighted by molar-refractivity contribution is 6.30.